The van der Waals surface area contributed by atoms with Crippen LogP contribution in [-0.4, -0.2) is 38.4 Å². The molecule has 1 heterocycles. The molecule has 1 N–H and O–H groups in total. The number of rotatable bonds is 6. The molecule has 0 spiro atoms. The molecule has 4 nitrogen and oxygen atoms in total. The van der Waals surface area contributed by atoms with Crippen LogP contribution in [0.2, 0.25) is 0 Å². The van der Waals surface area contributed by atoms with Crippen LogP contribution in [0.4, 0.5) is 0 Å². The second kappa shape index (κ2) is 6.43. The fraction of sp³-hybridized carbons (Fsp3) is 1.00. The molecule has 0 atom stereocenters. The van der Waals surface area contributed by atoms with E-state index in [0.717, 1.165) is 25.9 Å². The van der Waals surface area contributed by atoms with Crippen molar-refractivity contribution >= 4 is 0 Å². The summed E-state index contributed by atoms with van der Waals surface area (Å²) in [6.07, 6.45) is 2.01. The summed E-state index contributed by atoms with van der Waals surface area (Å²) in [6.45, 7) is 8.73. The molecule has 0 unspecified atom stereocenters. The van der Waals surface area contributed by atoms with Crippen molar-refractivity contribution in [1.29, 1.82) is 0 Å². The number of hydrogen-bond acceptors (Lipinski definition) is 4. The van der Waals surface area contributed by atoms with Crippen LogP contribution in [0.15, 0.2) is 0 Å². The van der Waals surface area contributed by atoms with E-state index in [4.69, 9.17) is 14.2 Å². The van der Waals surface area contributed by atoms with Crippen molar-refractivity contribution in [3.8, 4) is 0 Å². The van der Waals surface area contributed by atoms with Crippen molar-refractivity contribution in [2.45, 2.75) is 45.7 Å². The van der Waals surface area contributed by atoms with Gasteiger partial charge in [0.2, 0.25) is 0 Å². The summed E-state index contributed by atoms with van der Waals surface area (Å²) in [4.78, 5) is 0. The molecule has 90 valence electrons. The van der Waals surface area contributed by atoms with Gasteiger partial charge in [-0.05, 0) is 46.7 Å². The normalized spacial score (nSPS) is 20.8. The molecule has 0 bridgehead atoms. The van der Waals surface area contributed by atoms with E-state index < -0.39 is 6.48 Å². The number of ether oxygens (including phenoxy) is 3. The highest BCUT2D eigenvalue weighted by molar-refractivity contribution is 4.81. The van der Waals surface area contributed by atoms with Gasteiger partial charge in [-0.1, -0.05) is 0 Å². The lowest BCUT2D eigenvalue weighted by atomic mass is 9.95. The van der Waals surface area contributed by atoms with E-state index in [-0.39, 0.29) is 5.60 Å². The Labute approximate surface area is 92.3 Å². The Morgan fingerprint density at radius 2 is 1.67 bits per heavy atom. The molecule has 15 heavy (non-hydrogen) atoms. The van der Waals surface area contributed by atoms with E-state index in [1.807, 2.05) is 13.8 Å². The molecule has 1 fully saturated rings. The highest BCUT2D eigenvalue weighted by Crippen LogP contribution is 2.24. The zero-order chi connectivity index (χ0) is 11.1. The maximum absolute atomic E-state index is 5.88. The van der Waals surface area contributed by atoms with Crippen LogP contribution in [0.3, 0.4) is 0 Å². The minimum atomic E-state index is -0.511. The van der Waals surface area contributed by atoms with Gasteiger partial charge in [-0.15, -0.1) is 0 Å². The summed E-state index contributed by atoms with van der Waals surface area (Å²) in [5.74, 6) is 0. The Hall–Kier alpha value is -0.160. The van der Waals surface area contributed by atoms with Crippen molar-refractivity contribution in [1.82, 2.24) is 5.32 Å². The van der Waals surface area contributed by atoms with Crippen molar-refractivity contribution < 1.29 is 14.2 Å². The largest absolute Gasteiger partial charge is 0.330 e. The Kier molecular flexibility index (Phi) is 5.53. The summed E-state index contributed by atoms with van der Waals surface area (Å²) < 4.78 is 16.6. The lowest BCUT2D eigenvalue weighted by Gasteiger charge is -2.36. The van der Waals surface area contributed by atoms with Gasteiger partial charge >= 0.3 is 0 Å². The predicted octanol–water partition coefficient (Wildman–Crippen LogP) is 1.50. The highest BCUT2D eigenvalue weighted by Gasteiger charge is 2.31. The molecule has 1 aliphatic heterocycles. The Balaban J connectivity index is 2.39. The lowest BCUT2D eigenvalue weighted by Crippen LogP contribution is -2.45. The quantitative estimate of drug-likeness (QED) is 0.684. The van der Waals surface area contributed by atoms with Crippen LogP contribution >= 0.6 is 0 Å². The van der Waals surface area contributed by atoms with Gasteiger partial charge in [0.05, 0.1) is 5.60 Å². The lowest BCUT2D eigenvalue weighted by molar-refractivity contribution is -0.325. The monoisotopic (exact) mass is 217 g/mol. The second-order valence-electron chi connectivity index (χ2n) is 4.02. The van der Waals surface area contributed by atoms with Crippen molar-refractivity contribution in [3.63, 3.8) is 0 Å². The number of piperidine rings is 1. The Morgan fingerprint density at radius 1 is 1.13 bits per heavy atom. The van der Waals surface area contributed by atoms with Crippen molar-refractivity contribution in [2.24, 2.45) is 0 Å². The Morgan fingerprint density at radius 3 is 2.13 bits per heavy atom. The van der Waals surface area contributed by atoms with Crippen molar-refractivity contribution in [3.05, 3.63) is 0 Å². The third-order valence-corrected chi connectivity index (χ3v) is 2.65. The zero-order valence-corrected chi connectivity index (χ0v) is 10.0. The number of nitrogens with one attached hydrogen (secondary N) is 1. The van der Waals surface area contributed by atoms with Crippen LogP contribution in [0.5, 0.6) is 0 Å². The van der Waals surface area contributed by atoms with Crippen LogP contribution < -0.4 is 5.32 Å². The molecule has 1 saturated heterocycles. The summed E-state index contributed by atoms with van der Waals surface area (Å²) >= 11 is 0. The smallest absolute Gasteiger partial charge is 0.272 e. The highest BCUT2D eigenvalue weighted by atomic mass is 16.8. The first-order chi connectivity index (χ1) is 7.20. The standard InChI is InChI=1S/C11H23NO3/c1-4-13-10(14-5-2)15-11(3)6-8-12-9-7-11/h10,12H,4-9H2,1-3H3. The van der Waals surface area contributed by atoms with E-state index in [0.29, 0.717) is 13.2 Å². The first kappa shape index (κ1) is 12.9. The molecule has 0 amide bonds. The maximum Gasteiger partial charge on any atom is 0.272 e. The van der Waals surface area contributed by atoms with Gasteiger partial charge in [0.25, 0.3) is 6.48 Å². The summed E-state index contributed by atoms with van der Waals surface area (Å²) in [6, 6.07) is 0. The molecule has 0 aromatic rings. The molecule has 0 saturated carbocycles. The third kappa shape index (κ3) is 4.47. The molecule has 0 aromatic carbocycles. The minimum absolute atomic E-state index is 0.111. The van der Waals surface area contributed by atoms with Gasteiger partial charge in [-0.3, -0.25) is 0 Å². The average Bonchev–Trinajstić information content (AvgIpc) is 2.19. The summed E-state index contributed by atoms with van der Waals surface area (Å²) in [5, 5.41) is 3.32. The second-order valence-corrected chi connectivity index (χ2v) is 4.02. The maximum atomic E-state index is 5.88. The van der Waals surface area contributed by atoms with Gasteiger partial charge < -0.3 is 19.5 Å². The van der Waals surface area contributed by atoms with E-state index in [9.17, 15) is 0 Å². The third-order valence-electron chi connectivity index (χ3n) is 2.65. The van der Waals surface area contributed by atoms with Crippen LogP contribution in [0.1, 0.15) is 33.6 Å². The Bertz CT molecular complexity index is 163. The van der Waals surface area contributed by atoms with E-state index in [2.05, 4.69) is 12.2 Å². The minimum Gasteiger partial charge on any atom is -0.330 e. The summed E-state index contributed by atoms with van der Waals surface area (Å²) in [7, 11) is 0. The number of hydrogen-bond donors (Lipinski definition) is 1. The van der Waals surface area contributed by atoms with Crippen LogP contribution in [-0.2, 0) is 14.2 Å². The molecule has 1 rings (SSSR count). The molecule has 4 heteroatoms. The van der Waals surface area contributed by atoms with Crippen LogP contribution in [0.25, 0.3) is 0 Å². The first-order valence-electron chi connectivity index (χ1n) is 5.82. The molecule has 0 radical (unpaired) electrons. The molecular weight excluding hydrogens is 194 g/mol. The van der Waals surface area contributed by atoms with Crippen LogP contribution in [0, 0.1) is 0 Å². The molecule has 1 aliphatic rings. The van der Waals surface area contributed by atoms with E-state index in [1.165, 1.54) is 0 Å². The fourth-order valence-corrected chi connectivity index (χ4v) is 1.69. The molecule has 0 aliphatic carbocycles. The molecular formula is C11H23NO3. The van der Waals surface area contributed by atoms with E-state index in [1.54, 1.807) is 0 Å². The fourth-order valence-electron chi connectivity index (χ4n) is 1.69. The topological polar surface area (TPSA) is 39.7 Å². The average molecular weight is 217 g/mol. The zero-order valence-electron chi connectivity index (χ0n) is 10.0. The molecule has 0 aromatic heterocycles. The predicted molar refractivity (Wildman–Crippen MR) is 58.6 cm³/mol. The van der Waals surface area contributed by atoms with Crippen molar-refractivity contribution in [2.75, 3.05) is 26.3 Å². The van der Waals surface area contributed by atoms with Gasteiger partial charge in [-0.25, -0.2) is 0 Å². The van der Waals surface area contributed by atoms with E-state index >= 15 is 0 Å². The SMILES string of the molecule is CCOC(OCC)OC1(C)CCNCC1. The van der Waals surface area contributed by atoms with Gasteiger partial charge in [0, 0.05) is 13.2 Å². The van der Waals surface area contributed by atoms with Gasteiger partial charge in [0.1, 0.15) is 0 Å². The first-order valence-corrected chi connectivity index (χ1v) is 5.82. The van der Waals surface area contributed by atoms with Gasteiger partial charge in [-0.2, -0.15) is 0 Å². The summed E-state index contributed by atoms with van der Waals surface area (Å²) in [5.41, 5.74) is -0.111. The van der Waals surface area contributed by atoms with Gasteiger partial charge in [0.15, 0.2) is 0 Å².